The summed E-state index contributed by atoms with van der Waals surface area (Å²) in [5.74, 6) is -5.52. The molecule has 1 aliphatic heterocycles. The van der Waals surface area contributed by atoms with Crippen molar-refractivity contribution >= 4 is 35.0 Å². The summed E-state index contributed by atoms with van der Waals surface area (Å²) in [5.41, 5.74) is 7.18. The molecule has 4 amide bonds. The number of amides is 4. The van der Waals surface area contributed by atoms with Crippen LogP contribution in [0.15, 0.2) is 103 Å². The summed E-state index contributed by atoms with van der Waals surface area (Å²) in [6.07, 6.45) is 3.70. The Kier molecular flexibility index (Phi) is 6.06. The van der Waals surface area contributed by atoms with Gasteiger partial charge < -0.3 is 10.8 Å². The van der Waals surface area contributed by atoms with Crippen molar-refractivity contribution in [3.63, 3.8) is 0 Å². The van der Waals surface area contributed by atoms with Crippen LogP contribution in [-0.2, 0) is 24.6 Å². The van der Waals surface area contributed by atoms with Crippen LogP contribution in [0.5, 0.6) is 5.75 Å². The van der Waals surface area contributed by atoms with E-state index in [0.29, 0.717) is 27.2 Å². The van der Waals surface area contributed by atoms with Crippen molar-refractivity contribution in [2.75, 3.05) is 0 Å². The second-order valence-corrected chi connectivity index (χ2v) is 11.7. The smallest absolute Gasteiger partial charge is 0.328 e. The third-order valence-electron chi connectivity index (χ3n) is 9.82. The molecule has 4 aliphatic rings. The Bertz CT molecular complexity index is 1760. The molecule has 3 aromatic carbocycles. The van der Waals surface area contributed by atoms with Gasteiger partial charge in [0.15, 0.2) is 11.6 Å². The summed E-state index contributed by atoms with van der Waals surface area (Å²) in [5, 5.41) is 10.1. The van der Waals surface area contributed by atoms with Crippen LogP contribution in [0.4, 0.5) is 4.79 Å². The van der Waals surface area contributed by atoms with Crippen molar-refractivity contribution in [3.05, 3.63) is 119 Å². The number of aromatic hydroxyl groups is 1. The maximum atomic E-state index is 14.8. The molecule has 0 radical (unpaired) electrons. The maximum absolute atomic E-state index is 14.8. The number of imide groups is 3. The van der Waals surface area contributed by atoms with Gasteiger partial charge in [-0.2, -0.15) is 4.90 Å². The van der Waals surface area contributed by atoms with Gasteiger partial charge in [-0.1, -0.05) is 84.4 Å². The number of hydrogen-bond donors (Lipinski definition) is 2. The second kappa shape index (κ2) is 9.73. The summed E-state index contributed by atoms with van der Waals surface area (Å²) in [6, 6.07) is 23.7. The molecule has 7 rings (SSSR count). The summed E-state index contributed by atoms with van der Waals surface area (Å²) in [7, 11) is 0. The summed E-state index contributed by atoms with van der Waals surface area (Å²) in [4.78, 5) is 69.0. The topological polar surface area (TPSA) is 135 Å². The number of hydrogen-bond acceptors (Lipinski definition) is 6. The minimum Gasteiger partial charge on any atom is -0.508 e. The summed E-state index contributed by atoms with van der Waals surface area (Å²) < 4.78 is 0. The molecule has 0 aromatic heterocycles. The van der Waals surface area contributed by atoms with Gasteiger partial charge in [-0.3, -0.25) is 19.2 Å². The number of carbonyl (C=O) groups excluding carboxylic acids is 5. The van der Waals surface area contributed by atoms with Crippen LogP contribution < -0.4 is 5.73 Å². The van der Waals surface area contributed by atoms with Crippen molar-refractivity contribution in [1.82, 2.24) is 4.90 Å². The molecule has 3 aliphatic carbocycles. The highest BCUT2D eigenvalue weighted by molar-refractivity contribution is 6.31. The third-order valence-corrected chi connectivity index (χ3v) is 9.82. The number of primary amides is 1. The van der Waals surface area contributed by atoms with E-state index in [1.807, 2.05) is 42.5 Å². The molecule has 6 unspecified atom stereocenters. The molecule has 6 atom stereocenters. The molecule has 2 fully saturated rings. The number of rotatable bonds is 3. The zero-order valence-electron chi connectivity index (χ0n) is 23.1. The fourth-order valence-corrected chi connectivity index (χ4v) is 8.13. The van der Waals surface area contributed by atoms with Gasteiger partial charge in [0.1, 0.15) is 5.75 Å². The van der Waals surface area contributed by atoms with Crippen LogP contribution in [0.25, 0.3) is 5.57 Å². The van der Waals surface area contributed by atoms with Crippen molar-refractivity contribution < 1.29 is 29.1 Å². The predicted molar refractivity (Wildman–Crippen MR) is 156 cm³/mol. The lowest BCUT2D eigenvalue weighted by Crippen LogP contribution is -2.58. The number of phenols is 1. The average molecular weight is 573 g/mol. The lowest BCUT2D eigenvalue weighted by molar-refractivity contribution is -0.137. The number of ketones is 2. The molecule has 43 heavy (non-hydrogen) atoms. The number of benzene rings is 3. The average Bonchev–Trinajstić information content (AvgIpc) is 3.28. The van der Waals surface area contributed by atoms with E-state index in [9.17, 15) is 29.1 Å². The number of urea groups is 1. The first-order valence-electron chi connectivity index (χ1n) is 14.3. The monoisotopic (exact) mass is 572 g/mol. The molecule has 1 saturated heterocycles. The van der Waals surface area contributed by atoms with E-state index in [0.717, 1.165) is 5.57 Å². The van der Waals surface area contributed by atoms with Crippen LogP contribution in [0, 0.1) is 23.7 Å². The Morgan fingerprint density at radius 3 is 2.14 bits per heavy atom. The standard InChI is InChI=1S/C35H28N2O6/c36-34(43)37-32(41)24-16-15-23-26(29(24)33(37)42)17-27-31(40)25(19-7-3-1-4-8-19)18-28(39)35(27,21-9-5-2-6-10-21)30(23)20-11-13-22(38)14-12-20/h1-15,18,24,26-27,29-30,38H,16-17H2,(H2,36,43). The first kappa shape index (κ1) is 26.8. The minimum absolute atomic E-state index is 0.0464. The van der Waals surface area contributed by atoms with Gasteiger partial charge in [0, 0.05) is 17.4 Å². The highest BCUT2D eigenvalue weighted by Gasteiger charge is 2.66. The van der Waals surface area contributed by atoms with Gasteiger partial charge in [-0.15, -0.1) is 0 Å². The first-order chi connectivity index (χ1) is 20.7. The molecule has 3 aromatic rings. The van der Waals surface area contributed by atoms with Gasteiger partial charge in [0.05, 0.1) is 17.3 Å². The van der Waals surface area contributed by atoms with E-state index in [4.69, 9.17) is 5.73 Å². The Labute approximate surface area is 247 Å². The minimum atomic E-state index is -1.35. The quantitative estimate of drug-likeness (QED) is 0.355. The zero-order valence-corrected chi connectivity index (χ0v) is 23.1. The van der Waals surface area contributed by atoms with Gasteiger partial charge in [0.25, 0.3) is 0 Å². The Hall–Kier alpha value is -5.11. The van der Waals surface area contributed by atoms with Gasteiger partial charge in [-0.05, 0) is 53.7 Å². The molecular weight excluding hydrogens is 544 g/mol. The van der Waals surface area contributed by atoms with Crippen molar-refractivity contribution in [1.29, 1.82) is 0 Å². The number of likely N-dealkylation sites (tertiary alicyclic amines) is 1. The maximum Gasteiger partial charge on any atom is 0.328 e. The molecule has 1 saturated carbocycles. The van der Waals surface area contributed by atoms with Crippen molar-refractivity contribution in [2.24, 2.45) is 29.4 Å². The molecule has 3 N–H and O–H groups in total. The lowest BCUT2D eigenvalue weighted by Gasteiger charge is -2.55. The zero-order chi connectivity index (χ0) is 30.0. The second-order valence-electron chi connectivity index (χ2n) is 11.7. The summed E-state index contributed by atoms with van der Waals surface area (Å²) >= 11 is 0. The number of allylic oxidation sites excluding steroid dienone is 4. The van der Waals surface area contributed by atoms with Crippen LogP contribution in [0.1, 0.15) is 35.4 Å². The van der Waals surface area contributed by atoms with Gasteiger partial charge in [-0.25, -0.2) is 4.79 Å². The lowest BCUT2D eigenvalue weighted by atomic mass is 9.44. The summed E-state index contributed by atoms with van der Waals surface area (Å²) in [6.45, 7) is 0. The Morgan fingerprint density at radius 2 is 1.49 bits per heavy atom. The largest absolute Gasteiger partial charge is 0.508 e. The van der Waals surface area contributed by atoms with Crippen LogP contribution in [0.3, 0.4) is 0 Å². The van der Waals surface area contributed by atoms with Crippen LogP contribution in [-0.4, -0.2) is 39.4 Å². The number of nitrogens with two attached hydrogens (primary N) is 1. The highest BCUT2D eigenvalue weighted by Crippen LogP contribution is 2.63. The molecule has 1 heterocycles. The normalized spacial score (nSPS) is 29.8. The van der Waals surface area contributed by atoms with E-state index in [1.54, 1.807) is 36.4 Å². The van der Waals surface area contributed by atoms with Gasteiger partial charge >= 0.3 is 6.03 Å². The molecule has 8 heteroatoms. The van der Waals surface area contributed by atoms with Crippen LogP contribution in [0.2, 0.25) is 0 Å². The van der Waals surface area contributed by atoms with Crippen LogP contribution >= 0.6 is 0 Å². The first-order valence-corrected chi connectivity index (χ1v) is 14.3. The molecule has 214 valence electrons. The van der Waals surface area contributed by atoms with E-state index in [-0.39, 0.29) is 30.2 Å². The molecule has 8 nitrogen and oxygen atoms in total. The fraction of sp³-hybridized carbons (Fsp3) is 0.229. The Balaban J connectivity index is 1.50. The van der Waals surface area contributed by atoms with E-state index >= 15 is 0 Å². The van der Waals surface area contributed by atoms with Crippen molar-refractivity contribution in [3.8, 4) is 5.75 Å². The van der Waals surface area contributed by atoms with E-state index < -0.39 is 52.8 Å². The molecule has 0 spiro atoms. The van der Waals surface area contributed by atoms with Crippen molar-refractivity contribution in [2.45, 2.75) is 24.2 Å². The SMILES string of the molecule is NC(=O)N1C(=O)C2CC=C3C(CC4C(=O)C(c5ccccc5)=CC(=O)C4(c4ccccc4)C3c3ccc(O)cc3)C2C1=O. The predicted octanol–water partition coefficient (Wildman–Crippen LogP) is 4.30. The Morgan fingerprint density at radius 1 is 0.837 bits per heavy atom. The fourth-order valence-electron chi connectivity index (χ4n) is 8.13. The third kappa shape index (κ3) is 3.72. The van der Waals surface area contributed by atoms with Gasteiger partial charge in [0.2, 0.25) is 11.8 Å². The highest BCUT2D eigenvalue weighted by atomic mass is 16.3. The number of Topliss-reactive ketones (excluding diaryl/α,β-unsaturated/α-hetero) is 1. The number of nitrogens with zero attached hydrogens (tertiary/aromatic N) is 1. The van der Waals surface area contributed by atoms with E-state index in [1.165, 1.54) is 18.2 Å². The number of fused-ring (bicyclic) bond motifs is 4. The molecule has 0 bridgehead atoms. The molecular formula is C35H28N2O6. The number of phenolic OH excluding ortho intramolecular Hbond substituents is 1. The number of carbonyl (C=O) groups is 5. The van der Waals surface area contributed by atoms with E-state index in [2.05, 4.69) is 0 Å².